The van der Waals surface area contributed by atoms with E-state index in [4.69, 9.17) is 26.3 Å². The Morgan fingerprint density at radius 3 is 2.59 bits per heavy atom. The van der Waals surface area contributed by atoms with E-state index < -0.39 is 23.2 Å². The fourth-order valence-electron chi connectivity index (χ4n) is 6.55. The predicted molar refractivity (Wildman–Crippen MR) is 196 cm³/mol. The molecule has 11 nitrogen and oxygen atoms in total. The molecule has 2 amide bonds. The normalized spacial score (nSPS) is 19.6. The second-order valence-corrected chi connectivity index (χ2v) is 15.3. The van der Waals surface area contributed by atoms with E-state index in [-0.39, 0.29) is 28.5 Å². The number of rotatable bonds is 9. The first-order valence-corrected chi connectivity index (χ1v) is 18.5. The number of fused-ring (bicyclic) bond motifs is 1. The molecule has 3 aliphatic heterocycles. The van der Waals surface area contributed by atoms with Gasteiger partial charge in [-0.15, -0.1) is 22.7 Å². The number of ketones is 1. The van der Waals surface area contributed by atoms with Gasteiger partial charge in [0.1, 0.15) is 17.6 Å². The zero-order valence-electron chi connectivity index (χ0n) is 28.4. The van der Waals surface area contributed by atoms with Crippen LogP contribution in [-0.4, -0.2) is 89.3 Å². The number of amides is 2. The van der Waals surface area contributed by atoms with Crippen LogP contribution in [0.2, 0.25) is 5.02 Å². The van der Waals surface area contributed by atoms with E-state index in [1.807, 2.05) is 53.8 Å². The van der Waals surface area contributed by atoms with Gasteiger partial charge < -0.3 is 15.0 Å². The van der Waals surface area contributed by atoms with E-state index >= 15 is 0 Å². The number of piperazine rings is 1. The Morgan fingerprint density at radius 2 is 1.90 bits per heavy atom. The van der Waals surface area contributed by atoms with Crippen LogP contribution < -0.4 is 10.2 Å². The molecule has 2 fully saturated rings. The number of aliphatic imine (C=N–C) groups is 1. The predicted octanol–water partition coefficient (Wildman–Crippen LogP) is 6.07. The molecule has 0 spiro atoms. The number of ether oxygens (including phenoxy) is 1. The SMILES string of the molecule is COC(=O)C1=C(CN2CCN3C(=O)N(c4nc(-c5ccc(C(C)(C)C(C)=O)cc5)cs4)C[C@@H]3C2)NC(c2nccs2)=N[C@H]1c1ccc(F)cc1Cl. The molecule has 0 unspecified atom stereocenters. The van der Waals surface area contributed by atoms with Crippen molar-refractivity contribution in [2.45, 2.75) is 38.3 Å². The van der Waals surface area contributed by atoms with Crippen LogP contribution in [0.15, 0.2) is 75.7 Å². The van der Waals surface area contributed by atoms with E-state index in [9.17, 15) is 18.8 Å². The van der Waals surface area contributed by atoms with Gasteiger partial charge in [-0.25, -0.2) is 23.9 Å². The molecule has 0 radical (unpaired) electrons. The van der Waals surface area contributed by atoms with E-state index in [2.05, 4.69) is 15.2 Å². The number of benzene rings is 2. The van der Waals surface area contributed by atoms with Crippen molar-refractivity contribution in [1.29, 1.82) is 0 Å². The number of nitrogens with zero attached hydrogens (tertiary/aromatic N) is 6. The van der Waals surface area contributed by atoms with Gasteiger partial charge in [-0.05, 0) is 38.5 Å². The molecule has 7 rings (SSSR count). The van der Waals surface area contributed by atoms with Crippen LogP contribution in [0.4, 0.5) is 14.3 Å². The molecule has 4 aromatic rings. The molecule has 264 valence electrons. The van der Waals surface area contributed by atoms with Gasteiger partial charge in [0.25, 0.3) is 0 Å². The summed E-state index contributed by atoms with van der Waals surface area (Å²) in [5, 5.41) is 8.50. The smallest absolute Gasteiger partial charge is 0.338 e. The highest BCUT2D eigenvalue weighted by Crippen LogP contribution is 2.38. The van der Waals surface area contributed by atoms with Gasteiger partial charge in [0.05, 0.1) is 31.0 Å². The van der Waals surface area contributed by atoms with Crippen molar-refractivity contribution in [3.8, 4) is 11.3 Å². The molecular weight excluding hydrogens is 713 g/mol. The summed E-state index contributed by atoms with van der Waals surface area (Å²) in [6.45, 7) is 7.83. The Morgan fingerprint density at radius 1 is 1.12 bits per heavy atom. The van der Waals surface area contributed by atoms with Crippen molar-refractivity contribution in [3.05, 3.63) is 97.7 Å². The summed E-state index contributed by atoms with van der Waals surface area (Å²) in [4.78, 5) is 59.0. The van der Waals surface area contributed by atoms with Gasteiger partial charge in [-0.3, -0.25) is 19.6 Å². The maximum atomic E-state index is 14.0. The van der Waals surface area contributed by atoms with Crippen molar-refractivity contribution < 1.29 is 23.5 Å². The molecule has 2 aromatic carbocycles. The van der Waals surface area contributed by atoms with Crippen molar-refractivity contribution in [3.63, 3.8) is 0 Å². The lowest BCUT2D eigenvalue weighted by Gasteiger charge is -2.38. The lowest BCUT2D eigenvalue weighted by atomic mass is 9.81. The summed E-state index contributed by atoms with van der Waals surface area (Å²) in [5.41, 5.74) is 3.34. The molecule has 0 bridgehead atoms. The maximum absolute atomic E-state index is 14.0. The van der Waals surface area contributed by atoms with Crippen molar-refractivity contribution in [1.82, 2.24) is 25.1 Å². The fourth-order valence-corrected chi connectivity index (χ4v) is 8.24. The topological polar surface area (TPSA) is 120 Å². The molecule has 2 saturated heterocycles. The molecule has 2 atom stereocenters. The largest absolute Gasteiger partial charge is 0.466 e. The molecule has 0 saturated carbocycles. The van der Waals surface area contributed by atoms with Crippen LogP contribution in [0.5, 0.6) is 0 Å². The summed E-state index contributed by atoms with van der Waals surface area (Å²) in [7, 11) is 1.31. The number of nitrogens with one attached hydrogen (secondary N) is 1. The average Bonchev–Trinajstić information content (AvgIpc) is 3.89. The van der Waals surface area contributed by atoms with Crippen LogP contribution in [0.25, 0.3) is 11.3 Å². The van der Waals surface area contributed by atoms with E-state index in [0.29, 0.717) is 60.0 Å². The Hall–Kier alpha value is -4.50. The van der Waals surface area contributed by atoms with Crippen molar-refractivity contribution >= 4 is 63.0 Å². The minimum absolute atomic E-state index is 0.0893. The number of thiazole rings is 2. The highest BCUT2D eigenvalue weighted by molar-refractivity contribution is 7.14. The minimum Gasteiger partial charge on any atom is -0.466 e. The van der Waals surface area contributed by atoms with Gasteiger partial charge in [-0.1, -0.05) is 41.9 Å². The molecule has 51 heavy (non-hydrogen) atoms. The van der Waals surface area contributed by atoms with E-state index in [1.165, 1.54) is 48.0 Å². The molecule has 5 heterocycles. The van der Waals surface area contributed by atoms with Crippen molar-refractivity contribution in [2.24, 2.45) is 4.99 Å². The number of amidine groups is 1. The lowest BCUT2D eigenvalue weighted by Crippen LogP contribution is -2.53. The van der Waals surface area contributed by atoms with Gasteiger partial charge in [-0.2, -0.15) is 0 Å². The first kappa shape index (κ1) is 34.9. The van der Waals surface area contributed by atoms with E-state index in [0.717, 1.165) is 16.8 Å². The number of anilines is 1. The quantitative estimate of drug-likeness (QED) is 0.205. The number of Topliss-reactive ketones (excluding diaryl/α,β-unsaturated/α-hetero) is 1. The Kier molecular flexibility index (Phi) is 9.52. The Bertz CT molecular complexity index is 2060. The third kappa shape index (κ3) is 6.68. The Balaban J connectivity index is 1.11. The number of carbonyl (C=O) groups excluding carboxylic acids is 3. The van der Waals surface area contributed by atoms with Crippen molar-refractivity contribution in [2.75, 3.05) is 44.7 Å². The molecule has 1 N–H and O–H groups in total. The Labute approximate surface area is 307 Å². The summed E-state index contributed by atoms with van der Waals surface area (Å²) < 4.78 is 19.3. The summed E-state index contributed by atoms with van der Waals surface area (Å²) >= 11 is 9.32. The molecule has 15 heteroatoms. The molecule has 0 aliphatic carbocycles. The monoisotopic (exact) mass is 747 g/mol. The first-order valence-electron chi connectivity index (χ1n) is 16.3. The third-order valence-electron chi connectivity index (χ3n) is 9.75. The van der Waals surface area contributed by atoms with Gasteiger partial charge in [0.15, 0.2) is 16.0 Å². The number of hydrogen-bond donors (Lipinski definition) is 1. The number of carbonyl (C=O) groups is 3. The molecular formula is C36H35ClFN7O4S2. The van der Waals surface area contributed by atoms with Crippen LogP contribution in [0, 0.1) is 5.82 Å². The average molecular weight is 748 g/mol. The summed E-state index contributed by atoms with van der Waals surface area (Å²) in [6.07, 6.45) is 1.67. The number of aromatic nitrogens is 2. The second-order valence-electron chi connectivity index (χ2n) is 13.1. The van der Waals surface area contributed by atoms with Crippen LogP contribution >= 0.6 is 34.3 Å². The zero-order chi connectivity index (χ0) is 36.0. The lowest BCUT2D eigenvalue weighted by molar-refractivity contribution is -0.136. The highest BCUT2D eigenvalue weighted by atomic mass is 35.5. The first-order chi connectivity index (χ1) is 24.4. The summed E-state index contributed by atoms with van der Waals surface area (Å²) in [6, 6.07) is 10.8. The van der Waals surface area contributed by atoms with Crippen LogP contribution in [0.1, 0.15) is 42.9 Å². The van der Waals surface area contributed by atoms with Gasteiger partial charge >= 0.3 is 12.0 Å². The number of methoxy groups -OCH3 is 1. The standard InChI is InChI=1S/C36H35ClFN7O4S2/c1-20(46)36(2,3)22-7-5-21(6-8-22)28-19-51-34(41-28)45-17-24-16-43(12-13-44(24)35(45)48)18-27-29(33(47)49-4)30(25-10-9-23(38)15-26(25)37)42-31(40-27)32-39-11-14-50-32/h5-11,14-15,19,24,30H,12-13,16-18H2,1-4H3,(H,40,42)/t24-,30-/m0/s1. The van der Waals surface area contributed by atoms with Gasteiger partial charge in [0, 0.05) is 70.4 Å². The maximum Gasteiger partial charge on any atom is 0.338 e. The zero-order valence-corrected chi connectivity index (χ0v) is 30.7. The van der Waals surface area contributed by atoms with E-state index in [1.54, 1.807) is 18.0 Å². The fraction of sp³-hybridized carbons (Fsp3) is 0.333. The molecule has 2 aromatic heterocycles. The number of esters is 1. The number of hydrogen-bond acceptors (Lipinski definition) is 11. The molecule has 3 aliphatic rings. The van der Waals surface area contributed by atoms with Crippen LogP contribution in [0.3, 0.4) is 0 Å². The summed E-state index contributed by atoms with van der Waals surface area (Å²) in [5.74, 6) is -0.516. The van der Waals surface area contributed by atoms with Crippen LogP contribution in [-0.2, 0) is 19.7 Å². The number of urea groups is 1. The number of halogens is 2. The third-order valence-corrected chi connectivity index (χ3v) is 11.7. The second kappa shape index (κ2) is 13.9. The van der Waals surface area contributed by atoms with Gasteiger partial charge in [0.2, 0.25) is 0 Å². The minimum atomic E-state index is -0.860. The highest BCUT2D eigenvalue weighted by Gasteiger charge is 2.43.